The predicted molar refractivity (Wildman–Crippen MR) is 63.5 cm³/mol. The van der Waals surface area contributed by atoms with Gasteiger partial charge in [0.25, 0.3) is 5.91 Å². The average Bonchev–Trinajstić information content (AvgIpc) is 2.98. The first-order valence-electron chi connectivity index (χ1n) is 5.39. The molecule has 0 saturated carbocycles. The van der Waals surface area contributed by atoms with Crippen molar-refractivity contribution < 1.29 is 14.3 Å². The van der Waals surface area contributed by atoms with Gasteiger partial charge in [0.1, 0.15) is 12.9 Å². The van der Waals surface area contributed by atoms with E-state index in [0.29, 0.717) is 5.56 Å². The third kappa shape index (κ3) is 3.12. The van der Waals surface area contributed by atoms with Crippen LogP contribution in [0.25, 0.3) is 5.69 Å². The molecule has 8 nitrogen and oxygen atoms in total. The smallest absolute Gasteiger partial charge is 0.325 e. The second kappa shape index (κ2) is 5.71. The number of rotatable bonds is 4. The Balaban J connectivity index is 2.02. The number of amides is 1. The fourth-order valence-electron chi connectivity index (χ4n) is 1.37. The van der Waals surface area contributed by atoms with E-state index in [1.807, 2.05) is 0 Å². The molecule has 1 aromatic carbocycles. The second-order valence-corrected chi connectivity index (χ2v) is 3.56. The zero-order valence-corrected chi connectivity index (χ0v) is 10.1. The Hall–Kier alpha value is -2.77. The Labute approximate surface area is 108 Å². The van der Waals surface area contributed by atoms with E-state index in [1.54, 1.807) is 24.3 Å². The molecule has 0 saturated heterocycles. The maximum atomic E-state index is 11.7. The van der Waals surface area contributed by atoms with Crippen molar-refractivity contribution >= 4 is 11.9 Å². The van der Waals surface area contributed by atoms with Crippen LogP contribution in [0.4, 0.5) is 0 Å². The Kier molecular flexibility index (Phi) is 3.81. The van der Waals surface area contributed by atoms with Gasteiger partial charge in [-0.1, -0.05) is 0 Å². The maximum absolute atomic E-state index is 11.7. The topological polar surface area (TPSA) is 99.0 Å². The minimum absolute atomic E-state index is 0.163. The number of nitrogens with one attached hydrogen (secondary N) is 1. The van der Waals surface area contributed by atoms with Gasteiger partial charge in [0, 0.05) is 5.56 Å². The second-order valence-electron chi connectivity index (χ2n) is 3.56. The van der Waals surface area contributed by atoms with Crippen molar-refractivity contribution in [3.8, 4) is 5.69 Å². The molecular weight excluding hydrogens is 250 g/mol. The molecule has 1 aromatic heterocycles. The van der Waals surface area contributed by atoms with Gasteiger partial charge < -0.3 is 10.1 Å². The molecule has 1 heterocycles. The molecule has 8 heteroatoms. The van der Waals surface area contributed by atoms with Crippen molar-refractivity contribution in [3.05, 3.63) is 36.2 Å². The number of carbonyl (C=O) groups is 2. The Morgan fingerprint density at radius 1 is 1.32 bits per heavy atom. The lowest BCUT2D eigenvalue weighted by Crippen LogP contribution is -2.30. The number of hydrogen-bond acceptors (Lipinski definition) is 6. The molecule has 0 radical (unpaired) electrons. The molecule has 19 heavy (non-hydrogen) atoms. The molecule has 0 aliphatic rings. The van der Waals surface area contributed by atoms with Gasteiger partial charge in [-0.05, 0) is 34.7 Å². The van der Waals surface area contributed by atoms with E-state index >= 15 is 0 Å². The molecular formula is C11H11N5O3. The van der Waals surface area contributed by atoms with Crippen LogP contribution >= 0.6 is 0 Å². The summed E-state index contributed by atoms with van der Waals surface area (Å²) in [4.78, 5) is 22.6. The monoisotopic (exact) mass is 261 g/mol. The summed E-state index contributed by atoms with van der Waals surface area (Å²) in [5, 5.41) is 13.2. The fraction of sp³-hybridized carbons (Fsp3) is 0.182. The van der Waals surface area contributed by atoms with Crippen LogP contribution in [0.2, 0.25) is 0 Å². The number of hydrogen-bond donors (Lipinski definition) is 1. The van der Waals surface area contributed by atoms with Gasteiger partial charge in [-0.3, -0.25) is 9.59 Å². The maximum Gasteiger partial charge on any atom is 0.325 e. The van der Waals surface area contributed by atoms with Crippen LogP contribution in [-0.2, 0) is 9.53 Å². The zero-order valence-electron chi connectivity index (χ0n) is 10.1. The molecule has 0 atom stereocenters. The lowest BCUT2D eigenvalue weighted by molar-refractivity contribution is -0.139. The number of esters is 1. The van der Waals surface area contributed by atoms with Crippen molar-refractivity contribution in [1.82, 2.24) is 25.5 Å². The van der Waals surface area contributed by atoms with Gasteiger partial charge in [-0.25, -0.2) is 4.68 Å². The number of nitrogens with zero attached hydrogens (tertiary/aromatic N) is 4. The molecule has 0 aliphatic heterocycles. The number of benzene rings is 1. The zero-order chi connectivity index (χ0) is 13.7. The first-order chi connectivity index (χ1) is 9.20. The van der Waals surface area contributed by atoms with Crippen LogP contribution < -0.4 is 5.32 Å². The largest absolute Gasteiger partial charge is 0.468 e. The van der Waals surface area contributed by atoms with Gasteiger partial charge in [-0.15, -0.1) is 5.10 Å². The van der Waals surface area contributed by atoms with E-state index < -0.39 is 5.97 Å². The van der Waals surface area contributed by atoms with E-state index in [-0.39, 0.29) is 12.5 Å². The Bertz CT molecular complexity index is 565. The minimum Gasteiger partial charge on any atom is -0.468 e. The normalized spacial score (nSPS) is 9.95. The molecule has 0 spiro atoms. The highest BCUT2D eigenvalue weighted by molar-refractivity contribution is 5.96. The van der Waals surface area contributed by atoms with Crippen LogP contribution in [-0.4, -0.2) is 45.7 Å². The highest BCUT2D eigenvalue weighted by Gasteiger charge is 2.08. The quantitative estimate of drug-likeness (QED) is 0.749. The van der Waals surface area contributed by atoms with Gasteiger partial charge >= 0.3 is 5.97 Å². The van der Waals surface area contributed by atoms with Crippen molar-refractivity contribution in [3.63, 3.8) is 0 Å². The van der Waals surface area contributed by atoms with Crippen LogP contribution in [0.1, 0.15) is 10.4 Å². The summed E-state index contributed by atoms with van der Waals surface area (Å²) in [5.41, 5.74) is 1.16. The molecule has 2 aromatic rings. The van der Waals surface area contributed by atoms with Crippen LogP contribution in [0.5, 0.6) is 0 Å². The number of tetrazole rings is 1. The van der Waals surface area contributed by atoms with Crippen molar-refractivity contribution in [2.75, 3.05) is 13.7 Å². The molecule has 0 unspecified atom stereocenters. The summed E-state index contributed by atoms with van der Waals surface area (Å²) in [6.45, 7) is -0.163. The van der Waals surface area contributed by atoms with E-state index in [0.717, 1.165) is 5.69 Å². The molecule has 0 fully saturated rings. The molecule has 98 valence electrons. The van der Waals surface area contributed by atoms with E-state index in [4.69, 9.17) is 0 Å². The molecule has 2 rings (SSSR count). The lowest BCUT2D eigenvalue weighted by atomic mass is 10.2. The van der Waals surface area contributed by atoms with Crippen LogP contribution in [0, 0.1) is 0 Å². The average molecular weight is 261 g/mol. The standard InChI is InChI=1S/C11H11N5O3/c1-19-10(17)6-12-11(18)8-2-4-9(5-3-8)16-7-13-14-15-16/h2-5,7H,6H2,1H3,(H,12,18). The van der Waals surface area contributed by atoms with E-state index in [2.05, 4.69) is 25.6 Å². The third-order valence-electron chi connectivity index (χ3n) is 2.36. The number of methoxy groups -OCH3 is 1. The predicted octanol–water partition coefficient (Wildman–Crippen LogP) is -0.435. The van der Waals surface area contributed by atoms with Crippen molar-refractivity contribution in [1.29, 1.82) is 0 Å². The highest BCUT2D eigenvalue weighted by Crippen LogP contribution is 2.07. The number of carbonyl (C=O) groups excluding carboxylic acids is 2. The number of aromatic nitrogens is 4. The SMILES string of the molecule is COC(=O)CNC(=O)c1ccc(-n2cnnn2)cc1. The van der Waals surface area contributed by atoms with Crippen LogP contribution in [0.3, 0.4) is 0 Å². The summed E-state index contributed by atoms with van der Waals surface area (Å²) in [6, 6.07) is 6.63. The molecule has 0 aliphatic carbocycles. The summed E-state index contributed by atoms with van der Waals surface area (Å²) < 4.78 is 5.89. The summed E-state index contributed by atoms with van der Waals surface area (Å²) in [6.07, 6.45) is 1.45. The molecule has 0 bridgehead atoms. The summed E-state index contributed by atoms with van der Waals surface area (Å²) >= 11 is 0. The summed E-state index contributed by atoms with van der Waals surface area (Å²) in [7, 11) is 1.26. The van der Waals surface area contributed by atoms with Crippen LogP contribution in [0.15, 0.2) is 30.6 Å². The Morgan fingerprint density at radius 3 is 2.63 bits per heavy atom. The van der Waals surface area contributed by atoms with Gasteiger partial charge in [0.15, 0.2) is 0 Å². The molecule has 1 amide bonds. The van der Waals surface area contributed by atoms with Crippen molar-refractivity contribution in [2.24, 2.45) is 0 Å². The number of ether oxygens (including phenoxy) is 1. The first-order valence-corrected chi connectivity index (χ1v) is 5.39. The van der Waals surface area contributed by atoms with Gasteiger partial charge in [-0.2, -0.15) is 0 Å². The third-order valence-corrected chi connectivity index (χ3v) is 2.36. The fourth-order valence-corrected chi connectivity index (χ4v) is 1.37. The highest BCUT2D eigenvalue weighted by atomic mass is 16.5. The van der Waals surface area contributed by atoms with E-state index in [1.165, 1.54) is 18.1 Å². The Morgan fingerprint density at radius 2 is 2.05 bits per heavy atom. The lowest BCUT2D eigenvalue weighted by Gasteiger charge is -2.04. The van der Waals surface area contributed by atoms with Gasteiger partial charge in [0.2, 0.25) is 0 Å². The minimum atomic E-state index is -0.501. The first kappa shape index (κ1) is 12.7. The van der Waals surface area contributed by atoms with E-state index in [9.17, 15) is 9.59 Å². The van der Waals surface area contributed by atoms with Gasteiger partial charge in [0.05, 0.1) is 12.8 Å². The van der Waals surface area contributed by atoms with Crippen molar-refractivity contribution in [2.45, 2.75) is 0 Å². The molecule has 1 N–H and O–H groups in total. The summed E-state index contributed by atoms with van der Waals surface area (Å²) in [5.74, 6) is -0.854.